The van der Waals surface area contributed by atoms with Crippen LogP contribution < -0.4 is 0 Å². The van der Waals surface area contributed by atoms with Crippen molar-refractivity contribution in [3.05, 3.63) is 0 Å². The second kappa shape index (κ2) is 3.45. The molecule has 1 heterocycles. The van der Waals surface area contributed by atoms with Gasteiger partial charge < -0.3 is 4.74 Å². The maximum atomic E-state index is 12.4. The summed E-state index contributed by atoms with van der Waals surface area (Å²) in [6.45, 7) is -0.826. The second-order valence-corrected chi connectivity index (χ2v) is 4.44. The van der Waals surface area contributed by atoms with Crippen LogP contribution in [-0.2, 0) is 15.0 Å². The molecule has 1 atom stereocenters. The van der Waals surface area contributed by atoms with Gasteiger partial charge in [0.2, 0.25) is 0 Å². The van der Waals surface area contributed by atoms with Crippen LogP contribution in [0.2, 0.25) is 0 Å². The van der Waals surface area contributed by atoms with E-state index in [1.807, 2.05) is 0 Å². The minimum absolute atomic E-state index is 0.129. The Balaban J connectivity index is 2.43. The molecule has 0 aromatic rings. The van der Waals surface area contributed by atoms with Gasteiger partial charge in [-0.3, -0.25) is 0 Å². The molecule has 0 saturated carbocycles. The molecule has 0 aromatic carbocycles. The van der Waals surface area contributed by atoms with Crippen LogP contribution in [0.25, 0.3) is 0 Å². The molecule has 0 aliphatic carbocycles. The summed E-state index contributed by atoms with van der Waals surface area (Å²) in [5.74, 6) is -3.74. The quantitative estimate of drug-likeness (QED) is 0.652. The number of hydrogen-bond donors (Lipinski definition) is 0. The summed E-state index contributed by atoms with van der Waals surface area (Å²) in [5.41, 5.74) is 0. The molecule has 1 saturated heterocycles. The molecule has 0 amide bonds. The van der Waals surface area contributed by atoms with Gasteiger partial charge >= 0.3 is 10.2 Å². The van der Waals surface area contributed by atoms with Gasteiger partial charge in [0.1, 0.15) is 12.4 Å². The van der Waals surface area contributed by atoms with E-state index in [2.05, 4.69) is 4.74 Å². The predicted molar refractivity (Wildman–Crippen MR) is 38.8 cm³/mol. The molecule has 3 nitrogen and oxygen atoms in total. The minimum Gasteiger partial charge on any atom is -0.371 e. The summed E-state index contributed by atoms with van der Waals surface area (Å²) < 4.78 is 61.7. The zero-order valence-corrected chi connectivity index (χ0v) is 7.49. The number of halogens is 3. The summed E-state index contributed by atoms with van der Waals surface area (Å²) in [4.78, 5) is 0. The molecule has 7 heteroatoms. The third kappa shape index (κ3) is 3.95. The van der Waals surface area contributed by atoms with Crippen molar-refractivity contribution in [2.24, 2.45) is 0 Å². The molecule has 1 rings (SSSR count). The van der Waals surface area contributed by atoms with E-state index in [9.17, 15) is 21.1 Å². The summed E-state index contributed by atoms with van der Waals surface area (Å²) >= 11 is 0. The van der Waals surface area contributed by atoms with Gasteiger partial charge in [-0.05, 0) is 6.42 Å². The molecule has 1 aliphatic rings. The van der Waals surface area contributed by atoms with Crippen LogP contribution in [0.15, 0.2) is 0 Å². The largest absolute Gasteiger partial charge is 0.371 e. The fourth-order valence-electron chi connectivity index (χ4n) is 1.12. The van der Waals surface area contributed by atoms with E-state index in [1.165, 1.54) is 0 Å². The van der Waals surface area contributed by atoms with E-state index in [4.69, 9.17) is 0 Å². The number of rotatable bonds is 2. The molecule has 78 valence electrons. The van der Waals surface area contributed by atoms with E-state index >= 15 is 0 Å². The zero-order chi connectivity index (χ0) is 10.1. The molecule has 0 spiro atoms. The van der Waals surface area contributed by atoms with Crippen LogP contribution in [0.4, 0.5) is 12.7 Å². The fourth-order valence-corrected chi connectivity index (χ4v) is 1.83. The van der Waals surface area contributed by atoms with Crippen molar-refractivity contribution in [3.63, 3.8) is 0 Å². The standard InChI is InChI=1S/C6H9F3O3S/c7-6(8)2-1-5(12-4-6)3-13(9,10)11/h5H,1-4H2. The van der Waals surface area contributed by atoms with Crippen molar-refractivity contribution in [1.29, 1.82) is 0 Å². The fraction of sp³-hybridized carbons (Fsp3) is 1.00. The van der Waals surface area contributed by atoms with Gasteiger partial charge in [-0.1, -0.05) is 0 Å². The molecule has 13 heavy (non-hydrogen) atoms. The Kier molecular flexibility index (Phi) is 2.86. The van der Waals surface area contributed by atoms with Crippen LogP contribution in [0, 0.1) is 0 Å². The lowest BCUT2D eigenvalue weighted by molar-refractivity contribution is -0.138. The van der Waals surface area contributed by atoms with Gasteiger partial charge in [0, 0.05) is 6.42 Å². The Morgan fingerprint density at radius 1 is 1.46 bits per heavy atom. The predicted octanol–water partition coefficient (Wildman–Crippen LogP) is 1.10. The minimum atomic E-state index is -4.63. The smallest absolute Gasteiger partial charge is 0.304 e. The molecular formula is C6H9F3O3S. The number of hydrogen-bond acceptors (Lipinski definition) is 3. The van der Waals surface area contributed by atoms with E-state index in [0.717, 1.165) is 0 Å². The summed E-state index contributed by atoms with van der Waals surface area (Å²) in [6.07, 6.45) is -1.52. The van der Waals surface area contributed by atoms with Crippen LogP contribution in [-0.4, -0.2) is 32.8 Å². The van der Waals surface area contributed by atoms with Gasteiger partial charge in [0.25, 0.3) is 5.92 Å². The summed E-state index contributed by atoms with van der Waals surface area (Å²) in [7, 11) is -4.63. The van der Waals surface area contributed by atoms with E-state index < -0.39 is 41.0 Å². The molecular weight excluding hydrogens is 209 g/mol. The van der Waals surface area contributed by atoms with E-state index in [-0.39, 0.29) is 6.42 Å². The van der Waals surface area contributed by atoms with Gasteiger partial charge in [-0.2, -0.15) is 8.42 Å². The second-order valence-electron chi connectivity index (χ2n) is 3.03. The summed E-state index contributed by atoms with van der Waals surface area (Å²) in [6, 6.07) is 0. The lowest BCUT2D eigenvalue weighted by Gasteiger charge is -2.27. The molecule has 0 bridgehead atoms. The normalized spacial score (nSPS) is 28.7. The summed E-state index contributed by atoms with van der Waals surface area (Å²) in [5, 5.41) is 0. The average Bonchev–Trinajstić information content (AvgIpc) is 1.91. The van der Waals surface area contributed by atoms with E-state index in [1.54, 1.807) is 0 Å². The zero-order valence-electron chi connectivity index (χ0n) is 6.67. The van der Waals surface area contributed by atoms with Crippen molar-refractivity contribution in [2.75, 3.05) is 12.4 Å². The van der Waals surface area contributed by atoms with Gasteiger partial charge in [0.05, 0.1) is 6.10 Å². The van der Waals surface area contributed by atoms with E-state index in [0.29, 0.717) is 0 Å². The Hall–Kier alpha value is -0.300. The number of ether oxygens (including phenoxy) is 1. The first-order valence-electron chi connectivity index (χ1n) is 3.70. The van der Waals surface area contributed by atoms with Crippen molar-refractivity contribution in [2.45, 2.75) is 24.9 Å². The highest BCUT2D eigenvalue weighted by Crippen LogP contribution is 2.28. The van der Waals surface area contributed by atoms with Crippen LogP contribution in [0.3, 0.4) is 0 Å². The Bertz CT molecular complexity index is 265. The van der Waals surface area contributed by atoms with Gasteiger partial charge in [0.15, 0.2) is 0 Å². The van der Waals surface area contributed by atoms with Crippen LogP contribution >= 0.6 is 0 Å². The highest BCUT2D eigenvalue weighted by atomic mass is 32.3. The topological polar surface area (TPSA) is 43.4 Å². The van der Waals surface area contributed by atoms with Crippen LogP contribution in [0.1, 0.15) is 12.8 Å². The first-order chi connectivity index (χ1) is 5.79. The number of alkyl halides is 2. The first kappa shape index (κ1) is 10.8. The first-order valence-corrected chi connectivity index (χ1v) is 5.25. The van der Waals surface area contributed by atoms with Crippen molar-refractivity contribution in [1.82, 2.24) is 0 Å². The van der Waals surface area contributed by atoms with Gasteiger partial charge in [-0.15, -0.1) is 3.89 Å². The van der Waals surface area contributed by atoms with Crippen molar-refractivity contribution in [3.8, 4) is 0 Å². The molecule has 1 aliphatic heterocycles. The van der Waals surface area contributed by atoms with Crippen molar-refractivity contribution >= 4 is 10.2 Å². The SMILES string of the molecule is O=S(=O)(F)CC1CCC(F)(F)CO1. The molecule has 1 fully saturated rings. The molecule has 0 aromatic heterocycles. The molecule has 1 unspecified atom stereocenters. The maximum Gasteiger partial charge on any atom is 0.304 e. The Labute approximate surface area is 74.1 Å². The Morgan fingerprint density at radius 3 is 2.46 bits per heavy atom. The van der Waals surface area contributed by atoms with Gasteiger partial charge in [-0.25, -0.2) is 8.78 Å². The highest BCUT2D eigenvalue weighted by molar-refractivity contribution is 7.86. The molecule has 0 N–H and O–H groups in total. The maximum absolute atomic E-state index is 12.4. The average molecular weight is 218 g/mol. The third-order valence-corrected chi connectivity index (χ3v) is 2.52. The Morgan fingerprint density at radius 2 is 2.08 bits per heavy atom. The monoisotopic (exact) mass is 218 g/mol. The van der Waals surface area contributed by atoms with Crippen LogP contribution in [0.5, 0.6) is 0 Å². The van der Waals surface area contributed by atoms with Crippen molar-refractivity contribution < 1.29 is 25.8 Å². The molecule has 0 radical (unpaired) electrons. The third-order valence-electron chi connectivity index (χ3n) is 1.75. The lowest BCUT2D eigenvalue weighted by Crippen LogP contribution is -2.37. The lowest BCUT2D eigenvalue weighted by atomic mass is 10.1. The highest BCUT2D eigenvalue weighted by Gasteiger charge is 2.37.